The number of anilines is 1. The summed E-state index contributed by atoms with van der Waals surface area (Å²) in [6, 6.07) is 6.56. The second kappa shape index (κ2) is 7.29. The molecule has 1 N–H and O–H groups in total. The van der Waals surface area contributed by atoms with Crippen molar-refractivity contribution in [1.82, 2.24) is 10.4 Å². The van der Waals surface area contributed by atoms with E-state index < -0.39 is 0 Å². The Balaban J connectivity index is 1.39. The van der Waals surface area contributed by atoms with Gasteiger partial charge >= 0.3 is 0 Å². The fraction of sp³-hybridized carbons (Fsp3) is 0.636. The average Bonchev–Trinajstić information content (AvgIpc) is 3.34. The van der Waals surface area contributed by atoms with Crippen molar-refractivity contribution >= 4 is 28.5 Å². The molecule has 0 spiro atoms. The molecule has 4 aliphatic rings. The van der Waals surface area contributed by atoms with Crippen LogP contribution in [0, 0.1) is 11.8 Å². The topological polar surface area (TPSA) is 57.2 Å². The molecule has 7 heteroatoms. The molecule has 2 fully saturated rings. The van der Waals surface area contributed by atoms with Crippen LogP contribution in [-0.2, 0) is 16.2 Å². The van der Waals surface area contributed by atoms with Gasteiger partial charge in [0, 0.05) is 35.4 Å². The lowest BCUT2D eigenvalue weighted by atomic mass is 9.81. The first-order valence-electron chi connectivity index (χ1n) is 10.8. The van der Waals surface area contributed by atoms with E-state index in [4.69, 9.17) is 4.84 Å². The van der Waals surface area contributed by atoms with Crippen LogP contribution >= 0.6 is 11.8 Å². The van der Waals surface area contributed by atoms with Gasteiger partial charge in [0.05, 0.1) is 12.2 Å². The molecule has 29 heavy (non-hydrogen) atoms. The highest BCUT2D eigenvalue weighted by Crippen LogP contribution is 2.44. The molecule has 0 aromatic heterocycles. The summed E-state index contributed by atoms with van der Waals surface area (Å²) in [6.45, 7) is 8.67. The van der Waals surface area contributed by atoms with Crippen molar-refractivity contribution in [2.24, 2.45) is 16.8 Å². The molecule has 3 unspecified atom stereocenters. The zero-order valence-electron chi connectivity index (χ0n) is 17.5. The summed E-state index contributed by atoms with van der Waals surface area (Å²) in [5.74, 6) is 0.653. The summed E-state index contributed by atoms with van der Waals surface area (Å²) in [4.78, 5) is 29.6. The van der Waals surface area contributed by atoms with E-state index in [0.29, 0.717) is 6.54 Å². The Kier molecular flexibility index (Phi) is 4.87. The monoisotopic (exact) mass is 414 g/mol. The molecule has 1 amide bonds. The molecule has 1 aliphatic carbocycles. The number of hydroxylamine groups is 1. The Morgan fingerprint density at radius 3 is 2.93 bits per heavy atom. The maximum atomic E-state index is 13.3. The Hall–Kier alpha value is -1.57. The third-order valence-corrected chi connectivity index (χ3v) is 7.35. The van der Waals surface area contributed by atoms with E-state index in [0.717, 1.165) is 43.1 Å². The van der Waals surface area contributed by atoms with Gasteiger partial charge in [-0.15, -0.1) is 0 Å². The van der Waals surface area contributed by atoms with Gasteiger partial charge in [0.15, 0.2) is 11.4 Å². The molecule has 0 bridgehead atoms. The van der Waals surface area contributed by atoms with Gasteiger partial charge in [-0.25, -0.2) is 0 Å². The number of carbonyl (C=O) groups is 1. The van der Waals surface area contributed by atoms with Crippen LogP contribution in [0.1, 0.15) is 52.0 Å². The minimum absolute atomic E-state index is 0.109. The van der Waals surface area contributed by atoms with Crippen molar-refractivity contribution < 1.29 is 9.63 Å². The molecule has 0 radical (unpaired) electrons. The number of aliphatic imine (C=N–C) groups is 1. The van der Waals surface area contributed by atoms with Gasteiger partial charge in [-0.1, -0.05) is 18.9 Å². The van der Waals surface area contributed by atoms with Crippen LogP contribution in [0.3, 0.4) is 0 Å². The number of hydrogen-bond acceptors (Lipinski definition) is 6. The van der Waals surface area contributed by atoms with Gasteiger partial charge in [0.1, 0.15) is 0 Å². The summed E-state index contributed by atoms with van der Waals surface area (Å²) in [7, 11) is 0. The fourth-order valence-corrected chi connectivity index (χ4v) is 5.99. The highest BCUT2D eigenvalue weighted by molar-refractivity contribution is 8.14. The van der Waals surface area contributed by atoms with Gasteiger partial charge in [-0.2, -0.15) is 5.48 Å². The van der Waals surface area contributed by atoms with Crippen molar-refractivity contribution in [3.8, 4) is 0 Å². The number of carbonyl (C=O) groups excluding carboxylic acids is 1. The molecule has 1 saturated heterocycles. The highest BCUT2D eigenvalue weighted by Gasteiger charge is 2.49. The minimum Gasteiger partial charge on any atom is -0.318 e. The van der Waals surface area contributed by atoms with Crippen LogP contribution in [-0.4, -0.2) is 40.8 Å². The number of thioether (sulfide) groups is 1. The number of fused-ring (bicyclic) bond motifs is 4. The summed E-state index contributed by atoms with van der Waals surface area (Å²) in [5.41, 5.74) is 5.42. The molecule has 3 atom stereocenters. The fourth-order valence-electron chi connectivity index (χ4n) is 4.92. The summed E-state index contributed by atoms with van der Waals surface area (Å²) in [5, 5.41) is 1.11. The third-order valence-electron chi connectivity index (χ3n) is 6.25. The maximum absolute atomic E-state index is 13.3. The quantitative estimate of drug-likeness (QED) is 0.760. The smallest absolute Gasteiger partial charge is 0.228 e. The lowest BCUT2D eigenvalue weighted by Gasteiger charge is -2.32. The molecule has 1 aromatic carbocycles. The Morgan fingerprint density at radius 2 is 2.10 bits per heavy atom. The van der Waals surface area contributed by atoms with Crippen molar-refractivity contribution in [1.29, 1.82) is 0 Å². The Bertz CT molecular complexity index is 850. The Morgan fingerprint density at radius 1 is 1.28 bits per heavy atom. The molecule has 1 aromatic rings. The van der Waals surface area contributed by atoms with Gasteiger partial charge in [0.25, 0.3) is 0 Å². The number of rotatable bonds is 4. The predicted molar refractivity (Wildman–Crippen MR) is 116 cm³/mol. The number of amides is 1. The number of likely N-dealkylation sites (tertiary alicyclic amines) is 1. The summed E-state index contributed by atoms with van der Waals surface area (Å²) >= 11 is 1.75. The van der Waals surface area contributed by atoms with Crippen molar-refractivity contribution in [2.45, 2.75) is 69.7 Å². The molecular formula is C22H30N4O2S. The second-order valence-corrected chi connectivity index (χ2v) is 10.6. The number of hydrogen-bond donors (Lipinski definition) is 1. The molecule has 1 saturated carbocycles. The van der Waals surface area contributed by atoms with E-state index in [1.54, 1.807) is 11.8 Å². The standard InChI is InChI=1S/C22H30N4O2S/c1-22(2,3)24-28-20-16-7-5-4-6-15(16)19(27)26(20)13-14-8-9-18-17(12-14)25-11-10-23-21(25)29-18/h8-9,12,15-16,20,24H,4-7,10-11,13H2,1-3H3. The summed E-state index contributed by atoms with van der Waals surface area (Å²) < 4.78 is 0. The zero-order valence-corrected chi connectivity index (χ0v) is 18.3. The van der Waals surface area contributed by atoms with Crippen LogP contribution in [0.5, 0.6) is 0 Å². The molecule has 3 heterocycles. The highest BCUT2D eigenvalue weighted by atomic mass is 32.2. The predicted octanol–water partition coefficient (Wildman–Crippen LogP) is 3.76. The number of nitrogens with one attached hydrogen (secondary N) is 1. The number of nitrogens with zero attached hydrogens (tertiary/aromatic N) is 3. The molecular weight excluding hydrogens is 384 g/mol. The lowest BCUT2D eigenvalue weighted by Crippen LogP contribution is -2.46. The van der Waals surface area contributed by atoms with E-state index in [2.05, 4.69) is 54.3 Å². The van der Waals surface area contributed by atoms with Gasteiger partial charge in [0.2, 0.25) is 5.91 Å². The first-order chi connectivity index (χ1) is 13.9. The maximum Gasteiger partial charge on any atom is 0.228 e. The first-order valence-corrected chi connectivity index (χ1v) is 11.6. The summed E-state index contributed by atoms with van der Waals surface area (Å²) in [6.07, 6.45) is 4.19. The SMILES string of the molecule is CC(C)(C)NOC1C2CCCCC2C(=O)N1Cc1ccc2c(c1)N1CCN=C1S2. The molecule has 3 aliphatic heterocycles. The molecule has 6 nitrogen and oxygen atoms in total. The first kappa shape index (κ1) is 19.4. The number of benzene rings is 1. The van der Waals surface area contributed by atoms with Gasteiger partial charge in [-0.3, -0.25) is 14.6 Å². The van der Waals surface area contributed by atoms with Crippen LogP contribution in [0.4, 0.5) is 5.69 Å². The lowest BCUT2D eigenvalue weighted by molar-refractivity contribution is -0.157. The van der Waals surface area contributed by atoms with Gasteiger partial charge in [-0.05, 0) is 63.1 Å². The van der Waals surface area contributed by atoms with E-state index in [1.807, 2.05) is 4.90 Å². The molecule has 156 valence electrons. The van der Waals surface area contributed by atoms with E-state index in [9.17, 15) is 4.79 Å². The van der Waals surface area contributed by atoms with E-state index in [1.165, 1.54) is 17.0 Å². The Labute approximate surface area is 177 Å². The third kappa shape index (κ3) is 3.57. The molecule has 5 rings (SSSR count). The second-order valence-electron chi connectivity index (χ2n) is 9.60. The zero-order chi connectivity index (χ0) is 20.2. The van der Waals surface area contributed by atoms with Crippen LogP contribution in [0.25, 0.3) is 0 Å². The largest absolute Gasteiger partial charge is 0.318 e. The van der Waals surface area contributed by atoms with Crippen LogP contribution in [0.15, 0.2) is 28.1 Å². The van der Waals surface area contributed by atoms with Crippen molar-refractivity contribution in [3.05, 3.63) is 23.8 Å². The van der Waals surface area contributed by atoms with Gasteiger partial charge < -0.3 is 9.80 Å². The van der Waals surface area contributed by atoms with E-state index >= 15 is 0 Å². The van der Waals surface area contributed by atoms with Crippen molar-refractivity contribution in [3.63, 3.8) is 0 Å². The van der Waals surface area contributed by atoms with Crippen LogP contribution in [0.2, 0.25) is 0 Å². The number of amidine groups is 1. The average molecular weight is 415 g/mol. The van der Waals surface area contributed by atoms with Crippen molar-refractivity contribution in [2.75, 3.05) is 18.0 Å². The van der Waals surface area contributed by atoms with E-state index in [-0.39, 0.29) is 29.5 Å². The van der Waals surface area contributed by atoms with Crippen LogP contribution < -0.4 is 10.4 Å². The normalized spacial score (nSPS) is 28.4. The minimum atomic E-state index is -0.196.